The van der Waals surface area contributed by atoms with Crippen LogP contribution in [0, 0.1) is 0 Å². The van der Waals surface area contributed by atoms with Gasteiger partial charge in [-0.1, -0.05) is 23.2 Å². The van der Waals surface area contributed by atoms with Gasteiger partial charge in [0.2, 0.25) is 0 Å². The fourth-order valence-corrected chi connectivity index (χ4v) is 1.85. The van der Waals surface area contributed by atoms with Gasteiger partial charge in [0.1, 0.15) is 5.69 Å². The van der Waals surface area contributed by atoms with Crippen molar-refractivity contribution in [2.45, 2.75) is 0 Å². The number of hydrogen-bond donors (Lipinski definition) is 3. The highest BCUT2D eigenvalue weighted by molar-refractivity contribution is 7.80. The first-order chi connectivity index (χ1) is 10.0. The van der Waals surface area contributed by atoms with Crippen LogP contribution in [0.5, 0.6) is 0 Å². The van der Waals surface area contributed by atoms with Crippen LogP contribution >= 0.6 is 35.4 Å². The zero-order chi connectivity index (χ0) is 15.2. The molecule has 2 rings (SSSR count). The first-order valence-electron chi connectivity index (χ1n) is 5.82. The van der Waals surface area contributed by atoms with Gasteiger partial charge in [-0.25, -0.2) is 0 Å². The van der Waals surface area contributed by atoms with Gasteiger partial charge in [-0.2, -0.15) is 5.10 Å². The number of thiocarbonyl (C=S) groups is 1. The molecule has 1 heterocycles. The van der Waals surface area contributed by atoms with Gasteiger partial charge in [0.05, 0.1) is 0 Å². The van der Waals surface area contributed by atoms with Gasteiger partial charge in [-0.15, -0.1) is 0 Å². The van der Waals surface area contributed by atoms with E-state index in [-0.39, 0.29) is 5.84 Å². The molecule has 0 spiro atoms. The third-order valence-corrected chi connectivity index (χ3v) is 3.04. The maximum absolute atomic E-state index is 5.85. The van der Waals surface area contributed by atoms with Crippen LogP contribution < -0.4 is 16.5 Å². The predicted octanol–water partition coefficient (Wildman–Crippen LogP) is 3.00. The molecule has 0 bridgehead atoms. The lowest BCUT2D eigenvalue weighted by Gasteiger charge is -2.07. The Morgan fingerprint density at radius 1 is 1.14 bits per heavy atom. The predicted molar refractivity (Wildman–Crippen MR) is 90.8 cm³/mol. The van der Waals surface area contributed by atoms with Crippen LogP contribution in [0.4, 0.5) is 5.69 Å². The molecule has 0 saturated carbocycles. The van der Waals surface area contributed by atoms with Crippen LogP contribution in [0.25, 0.3) is 0 Å². The number of nitrogens with two attached hydrogens (primary N) is 1. The molecule has 0 aliphatic carbocycles. The monoisotopic (exact) mass is 339 g/mol. The van der Waals surface area contributed by atoms with Crippen LogP contribution in [-0.2, 0) is 0 Å². The Morgan fingerprint density at radius 3 is 2.52 bits per heavy atom. The second-order valence-corrected chi connectivity index (χ2v) is 5.21. The van der Waals surface area contributed by atoms with E-state index >= 15 is 0 Å². The fourth-order valence-electron chi connectivity index (χ4n) is 1.41. The first-order valence-corrected chi connectivity index (χ1v) is 6.98. The molecular weight excluding hydrogens is 329 g/mol. The van der Waals surface area contributed by atoms with Gasteiger partial charge in [0.25, 0.3) is 0 Å². The number of aromatic nitrogens is 1. The summed E-state index contributed by atoms with van der Waals surface area (Å²) in [5.74, 6) is 0.178. The van der Waals surface area contributed by atoms with Crippen LogP contribution in [0.3, 0.4) is 0 Å². The van der Waals surface area contributed by atoms with E-state index in [4.69, 9.17) is 41.2 Å². The Labute approximate surface area is 137 Å². The van der Waals surface area contributed by atoms with Gasteiger partial charge < -0.3 is 11.1 Å². The highest BCUT2D eigenvalue weighted by Crippen LogP contribution is 2.13. The number of halogens is 2. The number of benzene rings is 1. The quantitative estimate of drug-likeness (QED) is 0.347. The molecule has 0 amide bonds. The maximum atomic E-state index is 5.85. The number of hydrogen-bond acceptors (Lipinski definition) is 3. The lowest BCUT2D eigenvalue weighted by atomic mass is 10.3. The normalized spacial score (nSPS) is 11.0. The molecule has 0 radical (unpaired) electrons. The zero-order valence-corrected chi connectivity index (χ0v) is 13.0. The third-order valence-electron chi connectivity index (χ3n) is 2.36. The average molecular weight is 340 g/mol. The van der Waals surface area contributed by atoms with Crippen molar-refractivity contribution in [3.8, 4) is 0 Å². The lowest BCUT2D eigenvalue weighted by molar-refractivity contribution is 1.03. The minimum atomic E-state index is 0.178. The van der Waals surface area contributed by atoms with Gasteiger partial charge in [-0.05, 0) is 48.6 Å². The number of hydrazone groups is 1. The van der Waals surface area contributed by atoms with E-state index < -0.39 is 0 Å². The van der Waals surface area contributed by atoms with Gasteiger partial charge in [0, 0.05) is 21.9 Å². The molecule has 0 aliphatic rings. The molecule has 1 aromatic carbocycles. The van der Waals surface area contributed by atoms with E-state index in [1.165, 1.54) is 0 Å². The summed E-state index contributed by atoms with van der Waals surface area (Å²) in [4.78, 5) is 4.05. The van der Waals surface area contributed by atoms with Crippen molar-refractivity contribution in [2.24, 2.45) is 10.8 Å². The number of pyridine rings is 1. The molecule has 108 valence electrons. The molecular formula is C13H11Cl2N5S. The van der Waals surface area contributed by atoms with E-state index in [0.717, 1.165) is 5.69 Å². The zero-order valence-electron chi connectivity index (χ0n) is 10.7. The molecule has 0 atom stereocenters. The number of anilines is 1. The van der Waals surface area contributed by atoms with Crippen LogP contribution in [0.15, 0.2) is 47.7 Å². The van der Waals surface area contributed by atoms with E-state index in [9.17, 15) is 0 Å². The largest absolute Gasteiger partial charge is 0.380 e. The number of rotatable bonds is 3. The number of nitrogens with zero attached hydrogens (tertiary/aromatic N) is 2. The minimum absolute atomic E-state index is 0.178. The van der Waals surface area contributed by atoms with E-state index in [0.29, 0.717) is 20.9 Å². The summed E-state index contributed by atoms with van der Waals surface area (Å²) >= 11 is 16.7. The fraction of sp³-hybridized carbons (Fsp3) is 0. The van der Waals surface area contributed by atoms with Crippen LogP contribution in [0.2, 0.25) is 10.0 Å². The second-order valence-electron chi connectivity index (χ2n) is 3.93. The van der Waals surface area contributed by atoms with Gasteiger partial charge in [0.15, 0.2) is 10.9 Å². The smallest absolute Gasteiger partial charge is 0.191 e. The molecule has 2 aromatic rings. The van der Waals surface area contributed by atoms with Crippen molar-refractivity contribution >= 4 is 52.1 Å². The third kappa shape index (κ3) is 4.86. The standard InChI is InChI=1S/C13H11Cl2N5S/c14-8-1-3-10(4-2-8)18-13(21)20-19-12(16)11-7-9(15)5-6-17-11/h1-7H,(H2,16,19)(H2,18,20,21). The van der Waals surface area contributed by atoms with Crippen molar-refractivity contribution in [2.75, 3.05) is 5.32 Å². The Kier molecular flexibility index (Phi) is 5.32. The first kappa shape index (κ1) is 15.5. The van der Waals surface area contributed by atoms with Crippen molar-refractivity contribution in [1.82, 2.24) is 10.4 Å². The second kappa shape index (κ2) is 7.21. The highest BCUT2D eigenvalue weighted by Gasteiger charge is 2.02. The summed E-state index contributed by atoms with van der Waals surface area (Å²) in [5.41, 5.74) is 9.66. The summed E-state index contributed by atoms with van der Waals surface area (Å²) in [6.07, 6.45) is 1.55. The molecule has 0 unspecified atom stereocenters. The molecule has 0 aliphatic heterocycles. The maximum Gasteiger partial charge on any atom is 0.191 e. The topological polar surface area (TPSA) is 75.3 Å². The lowest BCUT2D eigenvalue weighted by Crippen LogP contribution is -2.28. The Morgan fingerprint density at radius 2 is 1.86 bits per heavy atom. The van der Waals surface area contributed by atoms with Crippen molar-refractivity contribution in [1.29, 1.82) is 0 Å². The van der Waals surface area contributed by atoms with E-state index in [1.54, 1.807) is 42.6 Å². The summed E-state index contributed by atoms with van der Waals surface area (Å²) in [6, 6.07) is 10.3. The Bertz CT molecular complexity index is 673. The SMILES string of the molecule is N/C(=N\NC(=S)Nc1ccc(Cl)cc1)c1cc(Cl)ccn1. The molecule has 5 nitrogen and oxygen atoms in total. The van der Waals surface area contributed by atoms with Crippen molar-refractivity contribution in [3.05, 3.63) is 58.3 Å². The Balaban J connectivity index is 1.96. The van der Waals surface area contributed by atoms with Crippen molar-refractivity contribution < 1.29 is 0 Å². The van der Waals surface area contributed by atoms with Gasteiger partial charge >= 0.3 is 0 Å². The summed E-state index contributed by atoms with van der Waals surface area (Å²) in [7, 11) is 0. The van der Waals surface area contributed by atoms with Gasteiger partial charge in [-0.3, -0.25) is 10.4 Å². The average Bonchev–Trinajstić information content (AvgIpc) is 2.47. The summed E-state index contributed by atoms with van der Waals surface area (Å²) in [5, 5.41) is 8.35. The molecule has 21 heavy (non-hydrogen) atoms. The summed E-state index contributed by atoms with van der Waals surface area (Å²) < 4.78 is 0. The Hall–Kier alpha value is -1.89. The van der Waals surface area contributed by atoms with Crippen molar-refractivity contribution in [3.63, 3.8) is 0 Å². The highest BCUT2D eigenvalue weighted by atomic mass is 35.5. The van der Waals surface area contributed by atoms with E-state index in [2.05, 4.69) is 20.8 Å². The molecule has 8 heteroatoms. The minimum Gasteiger partial charge on any atom is -0.380 e. The molecule has 4 N–H and O–H groups in total. The molecule has 0 fully saturated rings. The van der Waals surface area contributed by atoms with Crippen LogP contribution in [-0.4, -0.2) is 15.9 Å². The molecule has 1 aromatic heterocycles. The van der Waals surface area contributed by atoms with Crippen LogP contribution in [0.1, 0.15) is 5.69 Å². The molecule has 0 saturated heterocycles. The number of amidine groups is 1. The number of nitrogens with one attached hydrogen (secondary N) is 2. The summed E-state index contributed by atoms with van der Waals surface area (Å²) in [6.45, 7) is 0. The van der Waals surface area contributed by atoms with E-state index in [1.807, 2.05) is 0 Å².